The summed E-state index contributed by atoms with van der Waals surface area (Å²) in [7, 11) is 0. The lowest BCUT2D eigenvalue weighted by atomic mass is 10.1. The normalized spacial score (nSPS) is 23.1. The number of aliphatic hydroxyl groups is 1. The fourth-order valence-electron chi connectivity index (χ4n) is 2.91. The van der Waals surface area contributed by atoms with Crippen molar-refractivity contribution in [1.29, 1.82) is 0 Å². The van der Waals surface area contributed by atoms with Crippen LogP contribution in [-0.2, 0) is 4.74 Å². The number of unbranched alkanes of at least 4 members (excludes halogenated alkanes) is 9. The van der Waals surface area contributed by atoms with Crippen LogP contribution in [0.4, 0.5) is 0 Å². The van der Waals surface area contributed by atoms with Crippen LogP contribution in [0.25, 0.3) is 0 Å². The van der Waals surface area contributed by atoms with Gasteiger partial charge in [0, 0.05) is 6.61 Å². The summed E-state index contributed by atoms with van der Waals surface area (Å²) in [5.41, 5.74) is 0. The zero-order valence-electron chi connectivity index (χ0n) is 12.9. The molecule has 2 heteroatoms. The molecular formula is C17H34O2. The maximum Gasteiger partial charge on any atom is 0.0600 e. The van der Waals surface area contributed by atoms with Crippen LogP contribution in [0.2, 0.25) is 0 Å². The molecule has 1 fully saturated rings. The van der Waals surface area contributed by atoms with Gasteiger partial charge in [0.25, 0.3) is 0 Å². The number of rotatable bonds is 12. The molecule has 1 aliphatic rings. The summed E-state index contributed by atoms with van der Waals surface area (Å²) >= 11 is 0. The van der Waals surface area contributed by atoms with E-state index in [4.69, 9.17) is 4.74 Å². The summed E-state index contributed by atoms with van der Waals surface area (Å²) in [6.45, 7) is 3.17. The molecule has 114 valence electrons. The molecule has 0 heterocycles. The fourth-order valence-corrected chi connectivity index (χ4v) is 2.91. The first kappa shape index (κ1) is 17.0. The van der Waals surface area contributed by atoms with Gasteiger partial charge in [-0.1, -0.05) is 64.7 Å². The largest absolute Gasteiger partial charge is 0.393 e. The van der Waals surface area contributed by atoms with Crippen LogP contribution < -0.4 is 0 Å². The Kier molecular flexibility index (Phi) is 10.5. The van der Waals surface area contributed by atoms with Crippen LogP contribution in [0, 0.1) is 0 Å². The molecule has 0 aromatic carbocycles. The molecule has 0 spiro atoms. The lowest BCUT2D eigenvalue weighted by Crippen LogP contribution is -2.10. The Labute approximate surface area is 119 Å². The number of ether oxygens (including phenoxy) is 1. The molecule has 1 aliphatic carbocycles. The van der Waals surface area contributed by atoms with E-state index >= 15 is 0 Å². The van der Waals surface area contributed by atoms with Crippen molar-refractivity contribution in [2.24, 2.45) is 0 Å². The van der Waals surface area contributed by atoms with E-state index in [1.807, 2.05) is 0 Å². The zero-order valence-corrected chi connectivity index (χ0v) is 12.9. The molecule has 1 rings (SSSR count). The maximum atomic E-state index is 9.40. The summed E-state index contributed by atoms with van der Waals surface area (Å²) in [5, 5.41) is 9.40. The van der Waals surface area contributed by atoms with Crippen molar-refractivity contribution in [3.05, 3.63) is 0 Å². The number of hydrogen-bond donors (Lipinski definition) is 1. The monoisotopic (exact) mass is 270 g/mol. The first-order valence-electron chi connectivity index (χ1n) is 8.62. The molecule has 0 aromatic heterocycles. The van der Waals surface area contributed by atoms with E-state index in [0.29, 0.717) is 6.10 Å². The van der Waals surface area contributed by atoms with Crippen molar-refractivity contribution in [2.75, 3.05) is 6.61 Å². The molecule has 0 bridgehead atoms. The van der Waals surface area contributed by atoms with Gasteiger partial charge in [0.2, 0.25) is 0 Å². The second-order valence-electron chi connectivity index (χ2n) is 6.14. The van der Waals surface area contributed by atoms with Gasteiger partial charge in [-0.2, -0.15) is 0 Å². The molecule has 19 heavy (non-hydrogen) atoms. The molecular weight excluding hydrogens is 236 g/mol. The Balaban J connectivity index is 1.72. The molecule has 2 nitrogen and oxygen atoms in total. The highest BCUT2D eigenvalue weighted by atomic mass is 16.5. The maximum absolute atomic E-state index is 9.40. The number of aliphatic hydroxyl groups excluding tert-OH is 1. The minimum atomic E-state index is -0.0993. The van der Waals surface area contributed by atoms with Crippen molar-refractivity contribution in [1.82, 2.24) is 0 Å². The summed E-state index contributed by atoms with van der Waals surface area (Å²) in [5.74, 6) is 0. The fraction of sp³-hybridized carbons (Fsp3) is 1.00. The standard InChI is InChI=1S/C17H34O2/c1-2-3-4-5-6-7-8-9-10-11-14-19-17-13-12-16(18)15-17/h16-18H,2-15H2,1H3. The van der Waals surface area contributed by atoms with Gasteiger partial charge >= 0.3 is 0 Å². The van der Waals surface area contributed by atoms with Crippen LogP contribution in [-0.4, -0.2) is 23.9 Å². The van der Waals surface area contributed by atoms with Crippen molar-refractivity contribution >= 4 is 0 Å². The highest BCUT2D eigenvalue weighted by Crippen LogP contribution is 2.22. The highest BCUT2D eigenvalue weighted by Gasteiger charge is 2.22. The Morgan fingerprint density at radius 3 is 1.95 bits per heavy atom. The van der Waals surface area contributed by atoms with Gasteiger partial charge < -0.3 is 9.84 Å². The van der Waals surface area contributed by atoms with E-state index in [1.54, 1.807) is 0 Å². The van der Waals surface area contributed by atoms with Gasteiger partial charge in [-0.15, -0.1) is 0 Å². The van der Waals surface area contributed by atoms with E-state index in [-0.39, 0.29) is 6.10 Å². The Morgan fingerprint density at radius 2 is 1.42 bits per heavy atom. The van der Waals surface area contributed by atoms with Crippen molar-refractivity contribution in [3.8, 4) is 0 Å². The third kappa shape index (κ3) is 9.45. The third-order valence-electron chi connectivity index (χ3n) is 4.21. The van der Waals surface area contributed by atoms with Gasteiger partial charge in [-0.05, 0) is 25.7 Å². The Morgan fingerprint density at radius 1 is 0.842 bits per heavy atom. The molecule has 1 saturated carbocycles. The van der Waals surface area contributed by atoms with Gasteiger partial charge in [-0.25, -0.2) is 0 Å². The highest BCUT2D eigenvalue weighted by molar-refractivity contribution is 4.74. The predicted octanol–water partition coefficient (Wildman–Crippen LogP) is 4.84. The summed E-state index contributed by atoms with van der Waals surface area (Å²) < 4.78 is 5.79. The zero-order chi connectivity index (χ0) is 13.8. The van der Waals surface area contributed by atoms with Crippen LogP contribution in [0.3, 0.4) is 0 Å². The van der Waals surface area contributed by atoms with E-state index in [2.05, 4.69) is 6.92 Å². The minimum Gasteiger partial charge on any atom is -0.393 e. The molecule has 0 aliphatic heterocycles. The molecule has 2 unspecified atom stereocenters. The molecule has 0 radical (unpaired) electrons. The summed E-state index contributed by atoms with van der Waals surface area (Å²) in [6, 6.07) is 0. The smallest absolute Gasteiger partial charge is 0.0600 e. The minimum absolute atomic E-state index is 0.0993. The molecule has 1 N–H and O–H groups in total. The number of hydrogen-bond acceptors (Lipinski definition) is 2. The van der Waals surface area contributed by atoms with Crippen LogP contribution in [0.15, 0.2) is 0 Å². The summed E-state index contributed by atoms with van der Waals surface area (Å²) in [4.78, 5) is 0. The van der Waals surface area contributed by atoms with Gasteiger partial charge in [0.1, 0.15) is 0 Å². The quantitative estimate of drug-likeness (QED) is 0.514. The van der Waals surface area contributed by atoms with Crippen molar-refractivity contribution in [3.63, 3.8) is 0 Å². The molecule has 2 atom stereocenters. The van der Waals surface area contributed by atoms with Crippen LogP contribution in [0.5, 0.6) is 0 Å². The SMILES string of the molecule is CCCCCCCCCCCCOC1CCC(O)C1. The second kappa shape index (κ2) is 11.7. The van der Waals surface area contributed by atoms with Crippen LogP contribution >= 0.6 is 0 Å². The van der Waals surface area contributed by atoms with Gasteiger partial charge in [0.05, 0.1) is 12.2 Å². The van der Waals surface area contributed by atoms with Gasteiger partial charge in [0.15, 0.2) is 0 Å². The predicted molar refractivity (Wildman–Crippen MR) is 81.4 cm³/mol. The average Bonchev–Trinajstić information content (AvgIpc) is 2.82. The third-order valence-corrected chi connectivity index (χ3v) is 4.21. The topological polar surface area (TPSA) is 29.5 Å². The van der Waals surface area contributed by atoms with Gasteiger partial charge in [-0.3, -0.25) is 0 Å². The Bertz CT molecular complexity index is 194. The molecule has 0 amide bonds. The second-order valence-corrected chi connectivity index (χ2v) is 6.14. The lowest BCUT2D eigenvalue weighted by Gasteiger charge is -2.10. The van der Waals surface area contributed by atoms with Crippen molar-refractivity contribution in [2.45, 2.75) is 103 Å². The average molecular weight is 270 g/mol. The lowest BCUT2D eigenvalue weighted by molar-refractivity contribution is 0.0450. The molecule has 0 saturated heterocycles. The first-order valence-corrected chi connectivity index (χ1v) is 8.62. The van der Waals surface area contributed by atoms with E-state index in [1.165, 1.54) is 64.2 Å². The van der Waals surface area contributed by atoms with Crippen LogP contribution in [0.1, 0.15) is 90.4 Å². The van der Waals surface area contributed by atoms with E-state index in [0.717, 1.165) is 25.9 Å². The Hall–Kier alpha value is -0.0800. The van der Waals surface area contributed by atoms with E-state index in [9.17, 15) is 5.11 Å². The molecule has 0 aromatic rings. The van der Waals surface area contributed by atoms with E-state index < -0.39 is 0 Å². The van der Waals surface area contributed by atoms with Crippen molar-refractivity contribution < 1.29 is 9.84 Å². The summed E-state index contributed by atoms with van der Waals surface area (Å²) in [6.07, 6.45) is 16.8. The first-order chi connectivity index (χ1) is 9.33.